The summed E-state index contributed by atoms with van der Waals surface area (Å²) < 4.78 is 30.1. The molecule has 2 aliphatic heterocycles. The second-order valence-electron chi connectivity index (χ2n) is 6.25. The van der Waals surface area contributed by atoms with Crippen LogP contribution in [0.15, 0.2) is 21.9 Å². The molecule has 1 unspecified atom stereocenters. The summed E-state index contributed by atoms with van der Waals surface area (Å²) in [5.41, 5.74) is -1.53. The van der Waals surface area contributed by atoms with Gasteiger partial charge in [0.25, 0.3) is 11.4 Å². The molecule has 0 radical (unpaired) electrons. The number of aromatic nitrogens is 2. The van der Waals surface area contributed by atoms with Gasteiger partial charge in [-0.15, -0.1) is 0 Å². The van der Waals surface area contributed by atoms with E-state index in [1.165, 1.54) is 0 Å². The zero-order chi connectivity index (χ0) is 19.9. The molecule has 12 nitrogen and oxygen atoms in total. The highest BCUT2D eigenvalue weighted by atomic mass is 19.2. The van der Waals surface area contributed by atoms with Crippen LogP contribution in [0.3, 0.4) is 0 Å². The third-order valence-corrected chi connectivity index (χ3v) is 4.48. The summed E-state index contributed by atoms with van der Waals surface area (Å²) in [5, 5.41) is 48.2. The molecule has 0 bridgehead atoms. The molecule has 2 saturated heterocycles. The molecule has 3 rings (SSSR count). The second kappa shape index (κ2) is 7.37. The Morgan fingerprint density at radius 3 is 2.56 bits per heavy atom. The number of aromatic amines is 1. The van der Waals surface area contributed by atoms with Crippen molar-refractivity contribution in [3.63, 3.8) is 0 Å². The van der Waals surface area contributed by atoms with Gasteiger partial charge in [0.05, 0.1) is 13.2 Å². The van der Waals surface area contributed by atoms with E-state index in [1.807, 2.05) is 4.98 Å². The predicted molar refractivity (Wildman–Crippen MR) is 81.0 cm³/mol. The Bertz CT molecular complexity index is 782. The topological polar surface area (TPSA) is 184 Å². The fourth-order valence-corrected chi connectivity index (χ4v) is 2.93. The Morgan fingerprint density at radius 1 is 1.26 bits per heavy atom. The number of hydrogen-bond acceptors (Lipinski definition) is 10. The first-order valence-corrected chi connectivity index (χ1v) is 7.97. The maximum Gasteiger partial charge on any atom is 0.330 e. The number of aliphatic hydroxyl groups is 5. The van der Waals surface area contributed by atoms with Crippen LogP contribution in [0.25, 0.3) is 0 Å². The monoisotopic (exact) mass is 394 g/mol. The van der Waals surface area contributed by atoms with E-state index >= 15 is 0 Å². The highest BCUT2D eigenvalue weighted by Gasteiger charge is 2.57. The Kier molecular flexibility index (Phi) is 5.47. The van der Waals surface area contributed by atoms with Crippen LogP contribution in [0.1, 0.15) is 6.23 Å². The summed E-state index contributed by atoms with van der Waals surface area (Å²) in [6, 6.07) is 1.02. The van der Waals surface area contributed by atoms with Gasteiger partial charge in [-0.1, -0.05) is 0 Å². The minimum atomic E-state index is -3.24. The average Bonchev–Trinajstić information content (AvgIpc) is 3.01. The SMILES string of the molecule is O=c1ccn([C@@H]2O[C@H](COC3O[C@H](CO)[C@](O)(F)[C@H]3O)[C@@H](O)[C@H]2O)c(=O)[nH]1. The lowest BCUT2D eigenvalue weighted by Crippen LogP contribution is -2.46. The Balaban J connectivity index is 1.67. The maximum atomic E-state index is 13.9. The predicted octanol–water partition coefficient (Wildman–Crippen LogP) is -4.09. The van der Waals surface area contributed by atoms with Crippen LogP contribution in [0.4, 0.5) is 4.39 Å². The number of alkyl halides is 1. The molecule has 8 atom stereocenters. The summed E-state index contributed by atoms with van der Waals surface area (Å²) in [4.78, 5) is 24.9. The molecule has 1 aromatic rings. The quantitative estimate of drug-likeness (QED) is 0.287. The number of halogens is 1. The summed E-state index contributed by atoms with van der Waals surface area (Å²) in [6.45, 7) is -1.43. The highest BCUT2D eigenvalue weighted by Crippen LogP contribution is 2.34. The van der Waals surface area contributed by atoms with Crippen molar-refractivity contribution in [3.8, 4) is 0 Å². The third kappa shape index (κ3) is 3.55. The molecule has 0 spiro atoms. The van der Waals surface area contributed by atoms with E-state index in [1.54, 1.807) is 0 Å². The van der Waals surface area contributed by atoms with Crippen LogP contribution in [-0.2, 0) is 14.2 Å². The molecule has 152 valence electrons. The largest absolute Gasteiger partial charge is 0.393 e. The zero-order valence-electron chi connectivity index (χ0n) is 13.7. The van der Waals surface area contributed by atoms with Crippen molar-refractivity contribution in [2.24, 2.45) is 0 Å². The van der Waals surface area contributed by atoms with Crippen LogP contribution in [0.5, 0.6) is 0 Å². The lowest BCUT2D eigenvalue weighted by molar-refractivity contribution is -0.194. The van der Waals surface area contributed by atoms with Crippen molar-refractivity contribution in [2.75, 3.05) is 13.2 Å². The van der Waals surface area contributed by atoms with E-state index in [0.717, 1.165) is 16.8 Å². The first-order valence-electron chi connectivity index (χ1n) is 7.97. The highest BCUT2D eigenvalue weighted by molar-refractivity contribution is 4.95. The smallest absolute Gasteiger partial charge is 0.330 e. The van der Waals surface area contributed by atoms with E-state index in [2.05, 4.69) is 0 Å². The first-order chi connectivity index (χ1) is 12.7. The number of H-pyrrole nitrogens is 1. The molecule has 2 fully saturated rings. The van der Waals surface area contributed by atoms with E-state index in [9.17, 15) is 34.4 Å². The van der Waals surface area contributed by atoms with Gasteiger partial charge in [0, 0.05) is 12.3 Å². The Labute approximate surface area is 150 Å². The first kappa shape index (κ1) is 20.0. The van der Waals surface area contributed by atoms with Gasteiger partial charge in [0.1, 0.15) is 24.4 Å². The van der Waals surface area contributed by atoms with Gasteiger partial charge in [-0.3, -0.25) is 14.3 Å². The normalized spacial score (nSPS) is 41.9. The lowest BCUT2D eigenvalue weighted by Gasteiger charge is -2.21. The molecular formula is C14H19FN2O10. The van der Waals surface area contributed by atoms with Crippen LogP contribution >= 0.6 is 0 Å². The number of rotatable bonds is 5. The van der Waals surface area contributed by atoms with Crippen molar-refractivity contribution in [3.05, 3.63) is 33.1 Å². The third-order valence-electron chi connectivity index (χ3n) is 4.48. The van der Waals surface area contributed by atoms with Gasteiger partial charge in [-0.25, -0.2) is 9.18 Å². The number of nitrogens with zero attached hydrogens (tertiary/aromatic N) is 1. The molecule has 0 saturated carbocycles. The minimum absolute atomic E-state index is 0.511. The minimum Gasteiger partial charge on any atom is -0.393 e. The molecule has 13 heteroatoms. The molecule has 0 aliphatic carbocycles. The summed E-state index contributed by atoms with van der Waals surface area (Å²) in [5.74, 6) is -3.24. The van der Waals surface area contributed by atoms with E-state index < -0.39 is 73.4 Å². The van der Waals surface area contributed by atoms with E-state index in [4.69, 9.17) is 19.3 Å². The van der Waals surface area contributed by atoms with E-state index in [-0.39, 0.29) is 0 Å². The van der Waals surface area contributed by atoms with Crippen LogP contribution in [-0.4, -0.2) is 91.0 Å². The molecular weight excluding hydrogens is 375 g/mol. The van der Waals surface area contributed by atoms with Gasteiger partial charge in [0.15, 0.2) is 18.6 Å². The maximum absolute atomic E-state index is 13.9. The molecule has 2 aliphatic rings. The molecule has 0 aromatic carbocycles. The number of ether oxygens (including phenoxy) is 3. The number of nitrogens with one attached hydrogen (secondary N) is 1. The Hall–Kier alpha value is -1.71. The van der Waals surface area contributed by atoms with Crippen LogP contribution in [0, 0.1) is 0 Å². The zero-order valence-corrected chi connectivity index (χ0v) is 13.7. The van der Waals surface area contributed by atoms with Gasteiger partial charge in [0.2, 0.25) is 0 Å². The van der Waals surface area contributed by atoms with Gasteiger partial charge < -0.3 is 39.7 Å². The van der Waals surface area contributed by atoms with Gasteiger partial charge >= 0.3 is 5.69 Å². The molecule has 1 aromatic heterocycles. The molecule has 3 heterocycles. The second-order valence-corrected chi connectivity index (χ2v) is 6.25. The standard InChI is InChI=1S/C14H19FN2O10/c15-14(24)6(3-18)27-12(10(14)22)25-4-5-8(20)9(21)11(26-5)17-2-1-7(19)16-13(17)23/h1-2,5-6,8-12,18,20-22,24H,3-4H2,(H,16,19,23)/t5-,6-,8-,9-,10+,11-,12?,14-/m1/s1. The molecule has 27 heavy (non-hydrogen) atoms. The summed E-state index contributed by atoms with van der Waals surface area (Å²) in [7, 11) is 0. The fraction of sp³-hybridized carbons (Fsp3) is 0.714. The Morgan fingerprint density at radius 2 is 1.96 bits per heavy atom. The number of hydrogen-bond donors (Lipinski definition) is 6. The van der Waals surface area contributed by atoms with Crippen molar-refractivity contribution in [1.82, 2.24) is 9.55 Å². The van der Waals surface area contributed by atoms with Crippen LogP contribution in [0.2, 0.25) is 0 Å². The van der Waals surface area contributed by atoms with Gasteiger partial charge in [-0.05, 0) is 0 Å². The fourth-order valence-electron chi connectivity index (χ4n) is 2.93. The van der Waals surface area contributed by atoms with Gasteiger partial charge in [-0.2, -0.15) is 0 Å². The lowest BCUT2D eigenvalue weighted by atomic mass is 10.1. The molecule has 6 N–H and O–H groups in total. The van der Waals surface area contributed by atoms with Crippen molar-refractivity contribution < 1.29 is 44.1 Å². The number of aliphatic hydroxyl groups excluding tert-OH is 4. The summed E-state index contributed by atoms with van der Waals surface area (Å²) in [6.07, 6.45) is -10.1. The van der Waals surface area contributed by atoms with E-state index in [0.29, 0.717) is 0 Å². The van der Waals surface area contributed by atoms with Crippen molar-refractivity contribution >= 4 is 0 Å². The average molecular weight is 394 g/mol. The summed E-state index contributed by atoms with van der Waals surface area (Å²) >= 11 is 0. The molecule has 0 amide bonds. The van der Waals surface area contributed by atoms with Crippen molar-refractivity contribution in [2.45, 2.75) is 48.9 Å². The van der Waals surface area contributed by atoms with Crippen LogP contribution < -0.4 is 11.2 Å². The van der Waals surface area contributed by atoms with Crippen molar-refractivity contribution in [1.29, 1.82) is 0 Å².